The van der Waals surface area contributed by atoms with Gasteiger partial charge in [-0.05, 0) is 17.7 Å². The van der Waals surface area contributed by atoms with Gasteiger partial charge in [0.15, 0.2) is 0 Å². The second-order valence-corrected chi connectivity index (χ2v) is 7.00. The average Bonchev–Trinajstić information content (AvgIpc) is 3.22. The van der Waals surface area contributed by atoms with Crippen molar-refractivity contribution >= 4 is 29.6 Å². The molecule has 0 unspecified atom stereocenters. The Bertz CT molecular complexity index is 966. The highest BCUT2D eigenvalue weighted by molar-refractivity contribution is 6.30. The first-order valence-corrected chi connectivity index (χ1v) is 9.42. The topological polar surface area (TPSA) is 114 Å². The number of carbonyl (C=O) groups is 3. The number of benzene rings is 1. The van der Waals surface area contributed by atoms with E-state index in [-0.39, 0.29) is 18.0 Å². The molecule has 2 aromatic rings. The molecule has 0 saturated heterocycles. The van der Waals surface area contributed by atoms with Crippen LogP contribution < -0.4 is 5.32 Å². The summed E-state index contributed by atoms with van der Waals surface area (Å²) in [5.74, 6) is -2.05. The fraction of sp³-hybridized carbons (Fsp3) is 0.368. The van der Waals surface area contributed by atoms with Gasteiger partial charge in [0.2, 0.25) is 0 Å². The third-order valence-corrected chi connectivity index (χ3v) is 5.12. The van der Waals surface area contributed by atoms with Crippen LogP contribution in [-0.4, -0.2) is 59.6 Å². The van der Waals surface area contributed by atoms with Gasteiger partial charge in [-0.15, -0.1) is 0 Å². The third kappa shape index (κ3) is 4.38. The molecule has 1 aromatic carbocycles. The van der Waals surface area contributed by atoms with Gasteiger partial charge >= 0.3 is 18.0 Å². The van der Waals surface area contributed by atoms with E-state index < -0.39 is 35.9 Å². The number of esters is 2. The van der Waals surface area contributed by atoms with Gasteiger partial charge in [-0.2, -0.15) is 0 Å². The SMILES string of the molecule is COC(=O)C[C@H](NC(=O)N1CCc2[nH]cnc2[C@H]1c1ccc(F)c(Cl)c1)C(=O)OC. The van der Waals surface area contributed by atoms with Gasteiger partial charge < -0.3 is 24.7 Å². The van der Waals surface area contributed by atoms with E-state index in [1.807, 2.05) is 0 Å². The quantitative estimate of drug-likeness (QED) is 0.690. The summed E-state index contributed by atoms with van der Waals surface area (Å²) in [7, 11) is 2.33. The van der Waals surface area contributed by atoms with Crippen molar-refractivity contribution in [2.24, 2.45) is 0 Å². The number of hydrogen-bond acceptors (Lipinski definition) is 6. The number of halogens is 2. The molecule has 1 aliphatic rings. The van der Waals surface area contributed by atoms with Crippen LogP contribution in [0.3, 0.4) is 0 Å². The molecule has 2 atom stereocenters. The molecule has 0 spiro atoms. The van der Waals surface area contributed by atoms with Gasteiger partial charge in [0.05, 0.1) is 37.7 Å². The predicted molar refractivity (Wildman–Crippen MR) is 103 cm³/mol. The molecular weight excluding hydrogens is 419 g/mol. The lowest BCUT2D eigenvalue weighted by Crippen LogP contribution is -2.52. The van der Waals surface area contributed by atoms with Crippen LogP contribution in [0.2, 0.25) is 5.02 Å². The van der Waals surface area contributed by atoms with Gasteiger partial charge in [0.25, 0.3) is 0 Å². The Labute approximate surface area is 176 Å². The summed E-state index contributed by atoms with van der Waals surface area (Å²) in [6.45, 7) is 0.285. The van der Waals surface area contributed by atoms with E-state index in [0.29, 0.717) is 17.7 Å². The average molecular weight is 439 g/mol. The number of rotatable bonds is 5. The van der Waals surface area contributed by atoms with Crippen molar-refractivity contribution < 1.29 is 28.2 Å². The Hall–Kier alpha value is -3.14. The molecular formula is C19H20ClFN4O5. The molecule has 2 N–H and O–H groups in total. The number of H-pyrrole nitrogens is 1. The number of hydrogen-bond donors (Lipinski definition) is 2. The number of aromatic nitrogens is 2. The van der Waals surface area contributed by atoms with Crippen LogP contribution in [0.15, 0.2) is 24.5 Å². The van der Waals surface area contributed by atoms with Gasteiger partial charge in [0.1, 0.15) is 17.9 Å². The number of fused-ring (bicyclic) bond motifs is 1. The molecule has 0 saturated carbocycles. The molecule has 0 radical (unpaired) electrons. The summed E-state index contributed by atoms with van der Waals surface area (Å²) in [5, 5.41) is 2.43. The van der Waals surface area contributed by atoms with Crippen LogP contribution in [-0.2, 0) is 25.5 Å². The molecule has 3 rings (SSSR count). The van der Waals surface area contributed by atoms with E-state index >= 15 is 0 Å². The number of methoxy groups -OCH3 is 2. The fourth-order valence-corrected chi connectivity index (χ4v) is 3.52. The summed E-state index contributed by atoms with van der Waals surface area (Å²) in [6.07, 6.45) is 1.62. The lowest BCUT2D eigenvalue weighted by Gasteiger charge is -2.36. The maximum Gasteiger partial charge on any atom is 0.329 e. The molecule has 0 aliphatic carbocycles. The molecule has 2 amide bonds. The number of aromatic amines is 1. The monoisotopic (exact) mass is 438 g/mol. The van der Waals surface area contributed by atoms with Gasteiger partial charge in [-0.3, -0.25) is 4.79 Å². The zero-order valence-electron chi connectivity index (χ0n) is 16.3. The number of amides is 2. The highest BCUT2D eigenvalue weighted by atomic mass is 35.5. The van der Waals surface area contributed by atoms with Crippen LogP contribution in [0, 0.1) is 5.82 Å². The van der Waals surface area contributed by atoms with Crippen molar-refractivity contribution in [3.05, 3.63) is 52.3 Å². The number of imidazole rings is 1. The van der Waals surface area contributed by atoms with Crippen molar-refractivity contribution in [3.8, 4) is 0 Å². The first-order chi connectivity index (χ1) is 14.3. The Morgan fingerprint density at radius 3 is 2.80 bits per heavy atom. The summed E-state index contributed by atoms with van der Waals surface area (Å²) in [6, 6.07) is 1.64. The number of nitrogens with one attached hydrogen (secondary N) is 2. The Morgan fingerprint density at radius 1 is 1.37 bits per heavy atom. The first-order valence-electron chi connectivity index (χ1n) is 9.04. The minimum Gasteiger partial charge on any atom is -0.469 e. The maximum absolute atomic E-state index is 13.7. The normalized spacial score (nSPS) is 16.4. The van der Waals surface area contributed by atoms with Crippen molar-refractivity contribution in [1.82, 2.24) is 20.2 Å². The number of urea groups is 1. The zero-order chi connectivity index (χ0) is 21.8. The molecule has 160 valence electrons. The molecule has 0 bridgehead atoms. The van der Waals surface area contributed by atoms with E-state index in [2.05, 4.69) is 24.8 Å². The highest BCUT2D eigenvalue weighted by Crippen LogP contribution is 2.35. The Morgan fingerprint density at radius 2 is 2.13 bits per heavy atom. The second-order valence-electron chi connectivity index (χ2n) is 6.59. The molecule has 9 nitrogen and oxygen atoms in total. The molecule has 1 aliphatic heterocycles. The van der Waals surface area contributed by atoms with Crippen molar-refractivity contribution in [3.63, 3.8) is 0 Å². The van der Waals surface area contributed by atoms with Crippen LogP contribution in [0.5, 0.6) is 0 Å². The molecule has 0 fully saturated rings. The summed E-state index contributed by atoms with van der Waals surface area (Å²) in [4.78, 5) is 45.5. The smallest absolute Gasteiger partial charge is 0.329 e. The number of nitrogens with zero attached hydrogens (tertiary/aromatic N) is 2. The van der Waals surface area contributed by atoms with Gasteiger partial charge in [0, 0.05) is 18.7 Å². The summed E-state index contributed by atoms with van der Waals surface area (Å²) in [5.41, 5.74) is 1.97. The van der Waals surface area contributed by atoms with E-state index in [1.54, 1.807) is 0 Å². The van der Waals surface area contributed by atoms with Crippen LogP contribution >= 0.6 is 11.6 Å². The summed E-state index contributed by atoms with van der Waals surface area (Å²) >= 11 is 5.94. The first kappa shape index (κ1) is 21.6. The fourth-order valence-electron chi connectivity index (χ4n) is 3.33. The van der Waals surface area contributed by atoms with Crippen molar-refractivity contribution in [2.75, 3.05) is 20.8 Å². The van der Waals surface area contributed by atoms with Crippen molar-refractivity contribution in [2.45, 2.75) is 24.9 Å². The van der Waals surface area contributed by atoms with E-state index in [0.717, 1.165) is 12.8 Å². The van der Waals surface area contributed by atoms with Crippen molar-refractivity contribution in [1.29, 1.82) is 0 Å². The Balaban J connectivity index is 1.91. The van der Waals surface area contributed by atoms with Crippen LogP contribution in [0.1, 0.15) is 29.4 Å². The van der Waals surface area contributed by atoms with E-state index in [9.17, 15) is 18.8 Å². The Kier molecular flexibility index (Phi) is 6.56. The maximum atomic E-state index is 13.7. The predicted octanol–water partition coefficient (Wildman–Crippen LogP) is 1.96. The van der Waals surface area contributed by atoms with Crippen LogP contribution in [0.25, 0.3) is 0 Å². The van der Waals surface area contributed by atoms with Gasteiger partial charge in [-0.1, -0.05) is 17.7 Å². The third-order valence-electron chi connectivity index (χ3n) is 4.83. The summed E-state index contributed by atoms with van der Waals surface area (Å²) < 4.78 is 22.9. The lowest BCUT2D eigenvalue weighted by molar-refractivity contribution is -0.149. The number of ether oxygens (including phenoxy) is 2. The van der Waals surface area contributed by atoms with Gasteiger partial charge in [-0.25, -0.2) is 19.0 Å². The minimum atomic E-state index is -1.23. The lowest BCUT2D eigenvalue weighted by atomic mass is 9.96. The second kappa shape index (κ2) is 9.12. The molecule has 11 heteroatoms. The van der Waals surface area contributed by atoms with E-state index in [4.69, 9.17) is 11.6 Å². The molecule has 2 heterocycles. The van der Waals surface area contributed by atoms with Crippen LogP contribution in [0.4, 0.5) is 9.18 Å². The van der Waals surface area contributed by atoms with E-state index in [1.165, 1.54) is 36.5 Å². The largest absolute Gasteiger partial charge is 0.469 e. The number of carbonyl (C=O) groups excluding carboxylic acids is 3. The highest BCUT2D eigenvalue weighted by Gasteiger charge is 2.36. The minimum absolute atomic E-state index is 0.0892. The molecule has 1 aromatic heterocycles. The molecule has 30 heavy (non-hydrogen) atoms. The standard InChI is InChI=1S/C19H20ClFN4O5/c1-29-15(26)8-14(18(27)30-2)24-19(28)25-6-5-13-16(23-9-22-13)17(25)10-3-4-12(21)11(20)7-10/h3-4,7,9,14,17H,5-6,8H2,1-2H3,(H,22,23)(H,24,28)/t14-,17+/m0/s1. The zero-order valence-corrected chi connectivity index (χ0v) is 17.0.